The zero-order valence-corrected chi connectivity index (χ0v) is 20.6. The largest absolute Gasteiger partial charge is 0.147 e. The van der Waals surface area contributed by atoms with Crippen LogP contribution in [0.4, 0.5) is 0 Å². The molecule has 0 unspecified atom stereocenters. The van der Waals surface area contributed by atoms with Crippen molar-refractivity contribution in [2.75, 3.05) is 0 Å². The van der Waals surface area contributed by atoms with Crippen LogP contribution in [-0.2, 0) is 35.2 Å². The van der Waals surface area contributed by atoms with Crippen LogP contribution in [-0.4, -0.2) is 0 Å². The third kappa shape index (κ3) is 3.84. The van der Waals surface area contributed by atoms with Crippen molar-refractivity contribution in [3.05, 3.63) is 58.7 Å². The average molecular weight is 529 g/mol. The van der Waals surface area contributed by atoms with E-state index in [0.717, 1.165) is 0 Å². The van der Waals surface area contributed by atoms with Crippen molar-refractivity contribution in [2.45, 2.75) is 56.0 Å². The number of hydrogen-bond donors (Lipinski definition) is 0. The first-order valence-electron chi connectivity index (χ1n) is 8.09. The second-order valence-electron chi connectivity index (χ2n) is 8.54. The zero-order chi connectivity index (χ0) is 16.3. The summed E-state index contributed by atoms with van der Waals surface area (Å²) in [7, 11) is 0. The summed E-state index contributed by atoms with van der Waals surface area (Å²) in [4.78, 5) is 0. The molecular weight excluding hydrogens is 502 g/mol. The van der Waals surface area contributed by atoms with Crippen LogP contribution in [0.25, 0.3) is 11.1 Å². The summed E-state index contributed by atoms with van der Waals surface area (Å²) in [5.74, 6) is 0. The van der Waals surface area contributed by atoms with Crippen molar-refractivity contribution in [3.8, 4) is 11.1 Å². The van der Waals surface area contributed by atoms with E-state index in [0.29, 0.717) is 3.67 Å². The molecule has 3 heteroatoms. The molecule has 0 aromatic heterocycles. The number of benzene rings is 2. The normalized spacial score (nSPS) is 13.5. The van der Waals surface area contributed by atoms with Crippen LogP contribution in [0.2, 0.25) is 0 Å². The SMILES string of the molecule is CC(C)(C)c1ccc2c(c1)[CH]([Hf])c1cc(C(C)(C)C)ccc1-2.Cl.Cl. The summed E-state index contributed by atoms with van der Waals surface area (Å²) in [6.45, 7) is 13.8. The summed E-state index contributed by atoms with van der Waals surface area (Å²) in [5, 5.41) is 0. The van der Waals surface area contributed by atoms with Gasteiger partial charge >= 0.3 is 150 Å². The van der Waals surface area contributed by atoms with Crippen LogP contribution < -0.4 is 0 Å². The summed E-state index contributed by atoms with van der Waals surface area (Å²) in [5.41, 5.74) is 9.39. The van der Waals surface area contributed by atoms with Gasteiger partial charge in [0.15, 0.2) is 0 Å². The molecule has 2 aromatic carbocycles. The monoisotopic (exact) mass is 529 g/mol. The fraction of sp³-hybridized carbons (Fsp3) is 0.429. The third-order valence-electron chi connectivity index (χ3n) is 4.75. The minimum atomic E-state index is 0. The van der Waals surface area contributed by atoms with Crippen molar-refractivity contribution in [3.63, 3.8) is 0 Å². The van der Waals surface area contributed by atoms with Gasteiger partial charge in [-0.15, -0.1) is 24.8 Å². The van der Waals surface area contributed by atoms with Gasteiger partial charge < -0.3 is 0 Å². The zero-order valence-electron chi connectivity index (χ0n) is 15.4. The standard InChI is InChI=1S/C21H25.2ClH.Hf/c1-20(2,3)16-7-9-18-14(12-16)11-15-13-17(21(4,5)6)8-10-19(15)18;;;/h7-13H,1-6H3;2*1H;. The summed E-state index contributed by atoms with van der Waals surface area (Å²) in [6, 6.07) is 14.3. The molecule has 0 saturated carbocycles. The maximum absolute atomic E-state index is 2.46. The van der Waals surface area contributed by atoms with Crippen molar-refractivity contribution in [1.82, 2.24) is 0 Å². The summed E-state index contributed by atoms with van der Waals surface area (Å²) < 4.78 is 0.634. The van der Waals surface area contributed by atoms with E-state index in [1.54, 1.807) is 11.1 Å². The van der Waals surface area contributed by atoms with E-state index in [2.05, 4.69) is 77.9 Å². The van der Waals surface area contributed by atoms with Gasteiger partial charge in [0.05, 0.1) is 0 Å². The Bertz CT molecular complexity index is 673. The topological polar surface area (TPSA) is 0 Å². The average Bonchev–Trinajstić information content (AvgIpc) is 2.70. The van der Waals surface area contributed by atoms with E-state index in [1.165, 1.54) is 46.6 Å². The predicted octanol–water partition coefficient (Wildman–Crippen LogP) is 6.74. The van der Waals surface area contributed by atoms with E-state index < -0.39 is 0 Å². The van der Waals surface area contributed by atoms with Gasteiger partial charge in [-0.2, -0.15) is 0 Å². The maximum atomic E-state index is 2.46. The predicted molar refractivity (Wildman–Crippen MR) is 106 cm³/mol. The smallest absolute Gasteiger partial charge is 0.147 e. The Balaban J connectivity index is 0.00000144. The van der Waals surface area contributed by atoms with Crippen LogP contribution in [0.1, 0.15) is 67.5 Å². The van der Waals surface area contributed by atoms with Gasteiger partial charge in [0.1, 0.15) is 0 Å². The van der Waals surface area contributed by atoms with E-state index in [9.17, 15) is 0 Å². The molecule has 0 fully saturated rings. The molecule has 0 spiro atoms. The molecule has 0 radical (unpaired) electrons. The molecule has 0 atom stereocenters. The molecule has 0 nitrogen and oxygen atoms in total. The van der Waals surface area contributed by atoms with Gasteiger partial charge in [-0.1, -0.05) is 0 Å². The Hall–Kier alpha value is -0.110. The molecule has 1 aliphatic rings. The Morgan fingerprint density at radius 3 is 1.29 bits per heavy atom. The third-order valence-corrected chi connectivity index (χ3v) is 6.98. The molecule has 0 heterocycles. The summed E-state index contributed by atoms with van der Waals surface area (Å²) in [6.07, 6.45) is 0. The van der Waals surface area contributed by atoms with Gasteiger partial charge in [0.25, 0.3) is 0 Å². The molecule has 2 aromatic rings. The van der Waals surface area contributed by atoms with Crippen LogP contribution in [0.3, 0.4) is 0 Å². The second-order valence-corrected chi connectivity index (χ2v) is 10.6. The number of hydrogen-bond acceptors (Lipinski definition) is 0. The number of rotatable bonds is 0. The number of halogens is 2. The Morgan fingerprint density at radius 2 is 1.00 bits per heavy atom. The molecule has 0 bridgehead atoms. The first-order valence-corrected chi connectivity index (χ1v) is 10.2. The first kappa shape index (κ1) is 21.9. The van der Waals surface area contributed by atoms with Crippen LogP contribution >= 0.6 is 24.8 Å². The fourth-order valence-corrected chi connectivity index (χ4v) is 4.91. The van der Waals surface area contributed by atoms with Gasteiger partial charge in [-0.3, -0.25) is 0 Å². The molecule has 129 valence electrons. The van der Waals surface area contributed by atoms with Crippen molar-refractivity contribution in [2.24, 2.45) is 0 Å². The van der Waals surface area contributed by atoms with Gasteiger partial charge in [-0.25, -0.2) is 0 Å². The fourth-order valence-electron chi connectivity index (χ4n) is 3.19. The minimum Gasteiger partial charge on any atom is -0.147 e. The Morgan fingerprint density at radius 1 is 0.667 bits per heavy atom. The Labute approximate surface area is 174 Å². The van der Waals surface area contributed by atoms with Crippen LogP contribution in [0.15, 0.2) is 36.4 Å². The van der Waals surface area contributed by atoms with Crippen LogP contribution in [0, 0.1) is 0 Å². The molecule has 0 saturated heterocycles. The molecule has 0 aliphatic heterocycles. The summed E-state index contributed by atoms with van der Waals surface area (Å²) >= 11 is 1.18. The molecule has 3 rings (SSSR count). The molecule has 1 aliphatic carbocycles. The Kier molecular flexibility index (Phi) is 6.63. The van der Waals surface area contributed by atoms with E-state index in [4.69, 9.17) is 0 Å². The van der Waals surface area contributed by atoms with Gasteiger partial charge in [0.2, 0.25) is 0 Å². The van der Waals surface area contributed by atoms with Crippen molar-refractivity contribution in [1.29, 1.82) is 0 Å². The van der Waals surface area contributed by atoms with Crippen molar-refractivity contribution >= 4 is 24.8 Å². The first-order chi connectivity index (χ1) is 10.1. The quantitative estimate of drug-likeness (QED) is 0.332. The van der Waals surface area contributed by atoms with E-state index >= 15 is 0 Å². The maximum Gasteiger partial charge on any atom is -0.147 e. The van der Waals surface area contributed by atoms with Gasteiger partial charge in [0, 0.05) is 0 Å². The molecule has 24 heavy (non-hydrogen) atoms. The van der Waals surface area contributed by atoms with Crippen LogP contribution in [0.5, 0.6) is 0 Å². The molecule has 0 N–H and O–H groups in total. The second kappa shape index (κ2) is 7.25. The molecule has 0 amide bonds. The van der Waals surface area contributed by atoms with E-state index in [-0.39, 0.29) is 35.6 Å². The van der Waals surface area contributed by atoms with Gasteiger partial charge in [-0.05, 0) is 0 Å². The van der Waals surface area contributed by atoms with Crippen molar-refractivity contribution < 1.29 is 24.4 Å². The number of fused-ring (bicyclic) bond motifs is 3. The van der Waals surface area contributed by atoms with E-state index in [1.807, 2.05) is 0 Å². The molecular formula is C21H27Cl2Hf. The minimum absolute atomic E-state index is 0.